The summed E-state index contributed by atoms with van der Waals surface area (Å²) in [6, 6.07) is 4.51. The molecule has 80 valence electrons. The lowest BCUT2D eigenvalue weighted by atomic mass is 10.00. The molecule has 0 heterocycles. The van der Waals surface area contributed by atoms with Crippen LogP contribution in [0.4, 0.5) is 5.69 Å². The van der Waals surface area contributed by atoms with Gasteiger partial charge in [-0.2, -0.15) is 0 Å². The Labute approximate surface area is 99.4 Å². The van der Waals surface area contributed by atoms with E-state index in [2.05, 4.69) is 0 Å². The van der Waals surface area contributed by atoms with Gasteiger partial charge in [-0.15, -0.1) is 0 Å². The fraction of sp³-hybridized carbons (Fsp3) is 0.222. The van der Waals surface area contributed by atoms with Crippen LogP contribution < -0.4 is 0 Å². The zero-order chi connectivity index (χ0) is 11.6. The van der Waals surface area contributed by atoms with Crippen molar-refractivity contribution in [1.29, 1.82) is 0 Å². The summed E-state index contributed by atoms with van der Waals surface area (Å²) in [6.07, 6.45) is 0. The summed E-state index contributed by atoms with van der Waals surface area (Å²) < 4.78 is 0.709. The maximum Gasteiger partial charge on any atom is 0.310 e. The predicted octanol–water partition coefficient (Wildman–Crippen LogP) is 2.39. The van der Waals surface area contributed by atoms with E-state index < -0.39 is 16.8 Å². The van der Waals surface area contributed by atoms with Crippen molar-refractivity contribution in [2.24, 2.45) is 0 Å². The first-order valence-corrected chi connectivity index (χ1v) is 5.18. The average molecular weight is 321 g/mol. The van der Waals surface area contributed by atoms with Crippen LogP contribution in [0.3, 0.4) is 0 Å². The Morgan fingerprint density at radius 3 is 2.67 bits per heavy atom. The minimum absolute atomic E-state index is 0.142. The van der Waals surface area contributed by atoms with Gasteiger partial charge in [-0.05, 0) is 35.6 Å². The van der Waals surface area contributed by atoms with Crippen molar-refractivity contribution in [2.45, 2.75) is 12.8 Å². The topological polar surface area (TPSA) is 80.4 Å². The molecule has 5 nitrogen and oxygen atoms in total. The van der Waals surface area contributed by atoms with Crippen LogP contribution in [0.15, 0.2) is 18.2 Å². The molecule has 1 aromatic carbocycles. The number of rotatable bonds is 3. The highest BCUT2D eigenvalue weighted by Gasteiger charge is 2.23. The summed E-state index contributed by atoms with van der Waals surface area (Å²) in [5.41, 5.74) is 0.0877. The molecule has 1 rings (SSSR count). The molecule has 0 saturated carbocycles. The fourth-order valence-electron chi connectivity index (χ4n) is 1.17. The second kappa shape index (κ2) is 4.56. The molecular weight excluding hydrogens is 313 g/mol. The Morgan fingerprint density at radius 1 is 1.60 bits per heavy atom. The molecule has 0 bridgehead atoms. The van der Waals surface area contributed by atoms with E-state index in [1.54, 1.807) is 6.07 Å². The van der Waals surface area contributed by atoms with Crippen molar-refractivity contribution in [2.75, 3.05) is 0 Å². The molecule has 1 unspecified atom stereocenters. The summed E-state index contributed by atoms with van der Waals surface area (Å²) in [5, 5.41) is 19.5. The van der Waals surface area contributed by atoms with E-state index in [4.69, 9.17) is 5.11 Å². The number of benzene rings is 1. The number of hydrogen-bond acceptors (Lipinski definition) is 3. The molecule has 0 aromatic heterocycles. The van der Waals surface area contributed by atoms with Crippen molar-refractivity contribution in [3.63, 3.8) is 0 Å². The first kappa shape index (κ1) is 11.9. The Hall–Kier alpha value is -1.18. The molecule has 1 atom stereocenters. The lowest BCUT2D eigenvalue weighted by molar-refractivity contribution is -0.385. The van der Waals surface area contributed by atoms with Crippen molar-refractivity contribution in [3.8, 4) is 0 Å². The average Bonchev–Trinajstić information content (AvgIpc) is 2.16. The highest BCUT2D eigenvalue weighted by molar-refractivity contribution is 14.1. The third kappa shape index (κ3) is 2.65. The lowest BCUT2D eigenvalue weighted by Crippen LogP contribution is -2.09. The van der Waals surface area contributed by atoms with Gasteiger partial charge in [0.2, 0.25) is 0 Å². The van der Waals surface area contributed by atoms with Crippen LogP contribution >= 0.6 is 22.6 Å². The van der Waals surface area contributed by atoms with E-state index >= 15 is 0 Å². The largest absolute Gasteiger partial charge is 0.481 e. The molecule has 1 N–H and O–H groups in total. The summed E-state index contributed by atoms with van der Waals surface area (Å²) in [4.78, 5) is 20.9. The summed E-state index contributed by atoms with van der Waals surface area (Å²) in [6.45, 7) is 1.43. The van der Waals surface area contributed by atoms with Gasteiger partial charge in [-0.25, -0.2) is 0 Å². The van der Waals surface area contributed by atoms with Crippen molar-refractivity contribution in [1.82, 2.24) is 0 Å². The number of aliphatic carboxylic acids is 1. The first-order chi connectivity index (χ1) is 6.93. The Balaban J connectivity index is 3.28. The van der Waals surface area contributed by atoms with Gasteiger partial charge in [-0.3, -0.25) is 14.9 Å². The van der Waals surface area contributed by atoms with Gasteiger partial charge in [0.05, 0.1) is 10.8 Å². The van der Waals surface area contributed by atoms with Crippen LogP contribution in [0, 0.1) is 13.7 Å². The number of nitro benzene ring substituents is 1. The Kier molecular flexibility index (Phi) is 3.61. The zero-order valence-electron chi connectivity index (χ0n) is 7.81. The van der Waals surface area contributed by atoms with Crippen LogP contribution in [0.2, 0.25) is 0 Å². The molecule has 0 fully saturated rings. The molecule has 0 saturated heterocycles. The third-order valence-corrected chi connectivity index (χ3v) is 2.70. The molecule has 0 aliphatic rings. The molecule has 6 heteroatoms. The van der Waals surface area contributed by atoms with Gasteiger partial charge >= 0.3 is 5.97 Å². The number of nitro groups is 1. The van der Waals surface area contributed by atoms with Gasteiger partial charge in [0.25, 0.3) is 5.69 Å². The molecule has 0 amide bonds. The predicted molar refractivity (Wildman–Crippen MR) is 61.9 cm³/mol. The van der Waals surface area contributed by atoms with Crippen LogP contribution in [0.1, 0.15) is 18.4 Å². The maximum atomic E-state index is 10.7. The van der Waals surface area contributed by atoms with Crippen LogP contribution in [0.5, 0.6) is 0 Å². The highest BCUT2D eigenvalue weighted by atomic mass is 127. The second-order valence-corrected chi connectivity index (χ2v) is 4.27. The summed E-state index contributed by atoms with van der Waals surface area (Å²) in [7, 11) is 0. The summed E-state index contributed by atoms with van der Waals surface area (Å²) in [5.74, 6) is -1.94. The molecule has 0 spiro atoms. The SMILES string of the molecule is CC(C(=O)O)c1ccc(I)cc1[N+](=O)[O-]. The van der Waals surface area contributed by atoms with Gasteiger partial charge < -0.3 is 5.11 Å². The highest BCUT2D eigenvalue weighted by Crippen LogP contribution is 2.28. The van der Waals surface area contributed by atoms with E-state index in [1.807, 2.05) is 22.6 Å². The number of carbonyl (C=O) groups is 1. The minimum atomic E-state index is -1.07. The normalized spacial score (nSPS) is 12.1. The number of carboxylic acids is 1. The Bertz CT molecular complexity index is 419. The number of nitrogens with zero attached hydrogens (tertiary/aromatic N) is 1. The summed E-state index contributed by atoms with van der Waals surface area (Å²) >= 11 is 1.94. The molecule has 1 aromatic rings. The van der Waals surface area contributed by atoms with Gasteiger partial charge in [0.15, 0.2) is 0 Å². The second-order valence-electron chi connectivity index (χ2n) is 3.02. The van der Waals surface area contributed by atoms with E-state index in [9.17, 15) is 14.9 Å². The quantitative estimate of drug-likeness (QED) is 0.526. The van der Waals surface area contributed by atoms with Crippen LogP contribution in [-0.2, 0) is 4.79 Å². The fourth-order valence-corrected chi connectivity index (χ4v) is 1.65. The zero-order valence-corrected chi connectivity index (χ0v) is 9.96. The van der Waals surface area contributed by atoms with E-state index in [0.717, 1.165) is 0 Å². The number of halogens is 1. The van der Waals surface area contributed by atoms with Crippen LogP contribution in [-0.4, -0.2) is 16.0 Å². The number of hydrogen-bond donors (Lipinski definition) is 1. The van der Waals surface area contributed by atoms with Crippen molar-refractivity contribution >= 4 is 34.2 Å². The minimum Gasteiger partial charge on any atom is -0.481 e. The van der Waals surface area contributed by atoms with E-state index in [-0.39, 0.29) is 11.3 Å². The van der Waals surface area contributed by atoms with Gasteiger partial charge in [0.1, 0.15) is 0 Å². The smallest absolute Gasteiger partial charge is 0.310 e. The van der Waals surface area contributed by atoms with Gasteiger partial charge in [0, 0.05) is 15.2 Å². The van der Waals surface area contributed by atoms with Crippen LogP contribution in [0.25, 0.3) is 0 Å². The maximum absolute atomic E-state index is 10.7. The van der Waals surface area contributed by atoms with E-state index in [1.165, 1.54) is 19.1 Å². The molecule has 0 aliphatic carbocycles. The molecule has 0 aliphatic heterocycles. The lowest BCUT2D eigenvalue weighted by Gasteiger charge is -2.07. The van der Waals surface area contributed by atoms with Gasteiger partial charge in [-0.1, -0.05) is 6.07 Å². The molecular formula is C9H8INO4. The standard InChI is InChI=1S/C9H8INO4/c1-5(9(12)13)7-3-2-6(10)4-8(7)11(14)15/h2-5H,1H3,(H,12,13). The monoisotopic (exact) mass is 321 g/mol. The molecule has 15 heavy (non-hydrogen) atoms. The van der Waals surface area contributed by atoms with Crippen molar-refractivity contribution in [3.05, 3.63) is 37.4 Å². The molecule has 0 radical (unpaired) electrons. The Morgan fingerprint density at radius 2 is 2.20 bits per heavy atom. The first-order valence-electron chi connectivity index (χ1n) is 4.10. The number of carboxylic acid groups (broad SMARTS) is 1. The third-order valence-electron chi connectivity index (χ3n) is 2.03. The van der Waals surface area contributed by atoms with E-state index in [0.29, 0.717) is 3.57 Å². The van der Waals surface area contributed by atoms with Crippen molar-refractivity contribution < 1.29 is 14.8 Å².